The molecule has 3 N–H and O–H groups in total. The number of sulfonamides is 1. The first kappa shape index (κ1) is 46.1. The van der Waals surface area contributed by atoms with Gasteiger partial charge < -0.3 is 29.7 Å². The number of allylic oxidation sites excluding steroid dienone is 1. The number of hydrogen-bond donors (Lipinski definition) is 3. The van der Waals surface area contributed by atoms with Crippen molar-refractivity contribution in [1.82, 2.24) is 24.9 Å². The SMILES string of the molecule is COc1ccc2c(O[C@@H]3C[C@H]4C(=O)N[C@]5(C(=O)NS(=O)(=O)C6(C)CC6)C[C@H]5/C=C\CCCCC[C@H](Nc5cccc(OC(F)(F)F)c5)C(=O)N4C3)cc(-c3nc(C(C)C)cs3)nc2c1C. The number of amides is 3. The van der Waals surface area contributed by atoms with E-state index >= 15 is 0 Å². The number of carbonyl (C=O) groups is 3. The normalized spacial score (nSPS) is 25.1. The molecule has 2 aromatic heterocycles. The summed E-state index contributed by atoms with van der Waals surface area (Å²) in [5, 5.41) is 9.33. The molecule has 2 aliphatic carbocycles. The van der Waals surface area contributed by atoms with Crippen molar-refractivity contribution in [2.45, 2.75) is 126 Å². The fraction of sp³-hybridized carbons (Fsp3) is 0.500. The molecule has 14 nitrogen and oxygen atoms in total. The van der Waals surface area contributed by atoms with E-state index in [2.05, 4.69) is 33.9 Å². The lowest BCUT2D eigenvalue weighted by Crippen LogP contribution is -2.58. The summed E-state index contributed by atoms with van der Waals surface area (Å²) in [7, 11) is -2.49. The Morgan fingerprint density at radius 1 is 1.06 bits per heavy atom. The molecule has 1 saturated heterocycles. The number of methoxy groups -OCH3 is 1. The summed E-state index contributed by atoms with van der Waals surface area (Å²) >= 11 is 1.45. The van der Waals surface area contributed by atoms with Crippen LogP contribution in [0.1, 0.15) is 95.7 Å². The monoisotopic (exact) mass is 938 g/mol. The molecule has 0 spiro atoms. The third-order valence-electron chi connectivity index (χ3n) is 12.9. The molecule has 65 heavy (non-hydrogen) atoms. The predicted molar refractivity (Wildman–Crippen MR) is 239 cm³/mol. The first-order chi connectivity index (χ1) is 30.8. The number of fused-ring (bicyclic) bond motifs is 3. The predicted octanol–water partition coefficient (Wildman–Crippen LogP) is 7.92. The van der Waals surface area contributed by atoms with Crippen LogP contribution in [0.15, 0.2) is 60.0 Å². The van der Waals surface area contributed by atoms with Crippen LogP contribution >= 0.6 is 11.3 Å². The number of aryl methyl sites for hydroxylation is 1. The van der Waals surface area contributed by atoms with E-state index in [9.17, 15) is 36.0 Å². The number of alkyl halides is 3. The van der Waals surface area contributed by atoms with E-state index in [1.165, 1.54) is 28.4 Å². The van der Waals surface area contributed by atoms with Gasteiger partial charge in [-0.2, -0.15) is 0 Å². The Morgan fingerprint density at radius 3 is 2.55 bits per heavy atom. The Kier molecular flexibility index (Phi) is 12.6. The van der Waals surface area contributed by atoms with E-state index in [1.807, 2.05) is 36.6 Å². The second kappa shape index (κ2) is 17.8. The van der Waals surface area contributed by atoms with Gasteiger partial charge in [0, 0.05) is 46.5 Å². The van der Waals surface area contributed by atoms with Crippen molar-refractivity contribution >= 4 is 55.7 Å². The Labute approximate surface area is 379 Å². The van der Waals surface area contributed by atoms with Gasteiger partial charge in [0.15, 0.2) is 0 Å². The lowest BCUT2D eigenvalue weighted by atomic mass is 10.0. The minimum absolute atomic E-state index is 0.0171. The number of rotatable bonds is 11. The molecular formula is C46H53F3N6O8S2. The largest absolute Gasteiger partial charge is 0.573 e. The number of carbonyl (C=O) groups excluding carboxylic acids is 3. The molecule has 0 bridgehead atoms. The highest BCUT2D eigenvalue weighted by atomic mass is 32.2. The minimum atomic E-state index is -4.94. The van der Waals surface area contributed by atoms with Crippen LogP contribution in [0.5, 0.6) is 17.2 Å². The number of anilines is 1. The summed E-state index contributed by atoms with van der Waals surface area (Å²) in [6.45, 7) is 7.48. The average molecular weight is 939 g/mol. The van der Waals surface area contributed by atoms with Crippen LogP contribution < -0.4 is 29.6 Å². The highest BCUT2D eigenvalue weighted by Gasteiger charge is 2.63. The van der Waals surface area contributed by atoms with Gasteiger partial charge in [-0.1, -0.05) is 44.9 Å². The number of aromatic nitrogens is 2. The number of ether oxygens (including phenoxy) is 3. The van der Waals surface area contributed by atoms with Gasteiger partial charge in [-0.3, -0.25) is 19.1 Å². The summed E-state index contributed by atoms with van der Waals surface area (Å²) in [4.78, 5) is 55.0. The molecule has 19 heteroatoms. The number of pyridine rings is 1. The molecule has 3 fully saturated rings. The highest BCUT2D eigenvalue weighted by molar-refractivity contribution is 7.91. The van der Waals surface area contributed by atoms with E-state index in [0.717, 1.165) is 29.8 Å². The van der Waals surface area contributed by atoms with Crippen molar-refractivity contribution in [1.29, 1.82) is 0 Å². The van der Waals surface area contributed by atoms with Gasteiger partial charge in [0.2, 0.25) is 21.8 Å². The number of thiazole rings is 1. The summed E-state index contributed by atoms with van der Waals surface area (Å²) in [6, 6.07) is 8.45. The van der Waals surface area contributed by atoms with Crippen LogP contribution in [0.2, 0.25) is 0 Å². The third-order valence-corrected chi connectivity index (χ3v) is 15.9. The number of nitrogens with one attached hydrogen (secondary N) is 3. The molecule has 5 atom stereocenters. The molecule has 348 valence electrons. The Morgan fingerprint density at radius 2 is 1.85 bits per heavy atom. The van der Waals surface area contributed by atoms with Crippen molar-refractivity contribution in [3.05, 3.63) is 71.3 Å². The lowest BCUT2D eigenvalue weighted by Gasteiger charge is -2.30. The molecule has 2 aliphatic heterocycles. The summed E-state index contributed by atoms with van der Waals surface area (Å²) < 4.78 is 84.0. The van der Waals surface area contributed by atoms with E-state index < -0.39 is 74.2 Å². The molecule has 2 saturated carbocycles. The molecular weight excluding hydrogens is 886 g/mol. The zero-order valence-electron chi connectivity index (χ0n) is 36.8. The van der Waals surface area contributed by atoms with Crippen molar-refractivity contribution in [3.8, 4) is 28.0 Å². The molecule has 3 amide bonds. The zero-order chi connectivity index (χ0) is 46.5. The van der Waals surface area contributed by atoms with Crippen molar-refractivity contribution in [3.63, 3.8) is 0 Å². The number of halogens is 3. The van der Waals surface area contributed by atoms with Crippen molar-refractivity contribution in [2.24, 2.45) is 5.92 Å². The smallest absolute Gasteiger partial charge is 0.496 e. The molecule has 2 aromatic carbocycles. The van der Waals surface area contributed by atoms with Gasteiger partial charge in [0.05, 0.1) is 29.6 Å². The van der Waals surface area contributed by atoms with Crippen molar-refractivity contribution in [2.75, 3.05) is 19.0 Å². The standard InChI is InChI=1S/C46H53F3N6O8S2/c1-26(2)35-25-64-41(52-35)34-22-38(32-16-17-37(61-5)27(3)39(32)51-34)62-31-21-36-40(56)53-45(43(58)54-65(59,60)44(4)18-19-44)23-28(45)12-9-7-6-8-10-15-33(42(57)55(36)24-31)50-29-13-11-14-30(20-29)63-46(47,48)49/h9,11-14,16-17,20,22,25-26,28,31,33,36,50H,6-8,10,15,18-19,21,23-24H2,1-5H3,(H,53,56)(H,54,58)/b12-9-/t28-,31-,33+,36+,45-/m1/s1. The molecule has 4 aliphatic rings. The van der Waals surface area contributed by atoms with Crippen LogP contribution in [0.4, 0.5) is 18.9 Å². The highest BCUT2D eigenvalue weighted by Crippen LogP contribution is 2.48. The molecule has 0 radical (unpaired) electrons. The summed E-state index contributed by atoms with van der Waals surface area (Å²) in [6.07, 6.45) is 1.88. The van der Waals surface area contributed by atoms with Gasteiger partial charge in [0.1, 0.15) is 51.7 Å². The van der Waals surface area contributed by atoms with Gasteiger partial charge >= 0.3 is 6.36 Å². The van der Waals surface area contributed by atoms with Crippen LogP contribution in [-0.4, -0.2) is 89.5 Å². The summed E-state index contributed by atoms with van der Waals surface area (Å²) in [5.41, 5.74) is 1.44. The maximum absolute atomic E-state index is 15.0. The van der Waals surface area contributed by atoms with Crippen LogP contribution in [0, 0.1) is 12.8 Å². The molecule has 4 aromatic rings. The van der Waals surface area contributed by atoms with Crippen LogP contribution in [-0.2, 0) is 24.4 Å². The Hall–Kier alpha value is -5.43. The van der Waals surface area contributed by atoms with E-state index in [4.69, 9.17) is 19.4 Å². The molecule has 0 unspecified atom stereocenters. The third kappa shape index (κ3) is 9.76. The Bertz CT molecular complexity index is 2630. The molecule has 8 rings (SSSR count). The van der Waals surface area contributed by atoms with Gasteiger partial charge in [0.25, 0.3) is 5.91 Å². The second-order valence-corrected chi connectivity index (χ2v) is 21.1. The first-order valence-corrected chi connectivity index (χ1v) is 24.2. The van der Waals surface area contributed by atoms with Gasteiger partial charge in [-0.25, -0.2) is 18.4 Å². The number of hydrogen-bond acceptors (Lipinski definition) is 12. The van der Waals surface area contributed by atoms with Gasteiger partial charge in [-0.05, 0) is 82.6 Å². The maximum Gasteiger partial charge on any atom is 0.573 e. The van der Waals surface area contributed by atoms with Crippen molar-refractivity contribution < 1.29 is 50.2 Å². The fourth-order valence-corrected chi connectivity index (χ4v) is 10.8. The number of benzene rings is 2. The first-order valence-electron chi connectivity index (χ1n) is 21.9. The minimum Gasteiger partial charge on any atom is -0.496 e. The lowest BCUT2D eigenvalue weighted by molar-refractivity contribution is -0.274. The van der Waals surface area contributed by atoms with E-state index in [1.54, 1.807) is 20.1 Å². The fourth-order valence-electron chi connectivity index (χ4n) is 8.59. The van der Waals surface area contributed by atoms with Crippen LogP contribution in [0.25, 0.3) is 21.6 Å². The van der Waals surface area contributed by atoms with E-state index in [0.29, 0.717) is 65.2 Å². The summed E-state index contributed by atoms with van der Waals surface area (Å²) in [5.74, 6) is -1.77. The van der Waals surface area contributed by atoms with Gasteiger partial charge in [-0.15, -0.1) is 24.5 Å². The Balaban J connectivity index is 1.16. The molecule has 4 heterocycles. The second-order valence-electron chi connectivity index (χ2n) is 18.0. The number of nitrogens with zero attached hydrogens (tertiary/aromatic N) is 3. The van der Waals surface area contributed by atoms with E-state index in [-0.39, 0.29) is 37.4 Å². The topological polar surface area (TPSA) is 178 Å². The average Bonchev–Trinajstić information content (AvgIpc) is 4.02. The van der Waals surface area contributed by atoms with Crippen LogP contribution in [0.3, 0.4) is 0 Å². The maximum atomic E-state index is 15.0. The quantitative estimate of drug-likeness (QED) is 0.125. The zero-order valence-corrected chi connectivity index (χ0v) is 38.4.